The Labute approximate surface area is 165 Å². The fourth-order valence-electron chi connectivity index (χ4n) is 2.96. The highest BCUT2D eigenvalue weighted by atomic mass is 32.1. The zero-order valence-electron chi connectivity index (χ0n) is 15.1. The zero-order chi connectivity index (χ0) is 19.9. The largest absolute Gasteiger partial charge is 0.434 e. The van der Waals surface area contributed by atoms with Crippen molar-refractivity contribution in [2.45, 2.75) is 26.0 Å². The van der Waals surface area contributed by atoms with Crippen molar-refractivity contribution in [2.24, 2.45) is 0 Å². The van der Waals surface area contributed by atoms with Crippen molar-refractivity contribution in [3.63, 3.8) is 0 Å². The number of fused-ring (bicyclic) bond motifs is 1. The average molecular weight is 406 g/mol. The monoisotopic (exact) mass is 406 g/mol. The van der Waals surface area contributed by atoms with Crippen LogP contribution in [-0.4, -0.2) is 36.4 Å². The number of para-hydroxylation sites is 1. The van der Waals surface area contributed by atoms with Crippen LogP contribution in [0.5, 0.6) is 5.75 Å². The van der Waals surface area contributed by atoms with Gasteiger partial charge in [0.15, 0.2) is 0 Å². The van der Waals surface area contributed by atoms with Crippen molar-refractivity contribution in [3.05, 3.63) is 57.8 Å². The smallest absolute Gasteiger partial charge is 0.387 e. The van der Waals surface area contributed by atoms with Crippen molar-refractivity contribution in [1.82, 2.24) is 10.2 Å². The summed E-state index contributed by atoms with van der Waals surface area (Å²) < 4.78 is 29.2. The highest BCUT2D eigenvalue weighted by Crippen LogP contribution is 2.24. The topological polar surface area (TPSA) is 58.6 Å². The van der Waals surface area contributed by atoms with Gasteiger partial charge in [0, 0.05) is 42.6 Å². The van der Waals surface area contributed by atoms with Crippen LogP contribution in [0.3, 0.4) is 0 Å². The molecule has 2 amide bonds. The number of halogens is 2. The van der Waals surface area contributed by atoms with Gasteiger partial charge in [-0.2, -0.15) is 8.78 Å². The maximum atomic E-state index is 12.4. The minimum absolute atomic E-state index is 0.00295. The van der Waals surface area contributed by atoms with Crippen LogP contribution in [0.2, 0.25) is 0 Å². The number of hydrogen-bond acceptors (Lipinski definition) is 4. The number of alkyl halides is 2. The molecule has 8 heteroatoms. The van der Waals surface area contributed by atoms with Crippen LogP contribution in [0.4, 0.5) is 8.78 Å². The SMILES string of the molecule is O=C(C=Cc1ccccc1OC(F)F)NCCC(=O)N1CCc2sccc2C1. The Morgan fingerprint density at radius 1 is 1.29 bits per heavy atom. The standard InChI is InChI=1S/C20H20F2N2O3S/c21-20(22)27-16-4-2-1-3-14(16)5-6-18(25)23-10-7-19(26)24-11-8-17-15(13-24)9-12-28-17/h1-6,9,12,20H,7-8,10-11,13H2,(H,23,25). The molecule has 0 spiro atoms. The van der Waals surface area contributed by atoms with Gasteiger partial charge in [-0.25, -0.2) is 0 Å². The van der Waals surface area contributed by atoms with Crippen LogP contribution in [0.25, 0.3) is 6.08 Å². The number of amides is 2. The Morgan fingerprint density at radius 3 is 2.93 bits per heavy atom. The van der Waals surface area contributed by atoms with Gasteiger partial charge in [-0.15, -0.1) is 11.3 Å². The van der Waals surface area contributed by atoms with Gasteiger partial charge in [-0.1, -0.05) is 18.2 Å². The quantitative estimate of drug-likeness (QED) is 0.717. The number of carbonyl (C=O) groups excluding carboxylic acids is 2. The summed E-state index contributed by atoms with van der Waals surface area (Å²) in [5, 5.41) is 4.67. The van der Waals surface area contributed by atoms with E-state index in [9.17, 15) is 18.4 Å². The summed E-state index contributed by atoms with van der Waals surface area (Å²) in [7, 11) is 0. The Morgan fingerprint density at radius 2 is 2.11 bits per heavy atom. The number of hydrogen-bond donors (Lipinski definition) is 1. The molecule has 2 aromatic rings. The molecule has 0 radical (unpaired) electrons. The molecule has 1 N–H and O–H groups in total. The van der Waals surface area contributed by atoms with Gasteiger partial charge in [0.1, 0.15) is 5.75 Å². The number of carbonyl (C=O) groups is 2. The van der Waals surface area contributed by atoms with Crippen molar-refractivity contribution >= 4 is 29.2 Å². The molecular weight excluding hydrogens is 386 g/mol. The summed E-state index contributed by atoms with van der Waals surface area (Å²) in [4.78, 5) is 27.4. The van der Waals surface area contributed by atoms with Crippen molar-refractivity contribution in [1.29, 1.82) is 0 Å². The lowest BCUT2D eigenvalue weighted by molar-refractivity contribution is -0.132. The molecule has 2 heterocycles. The first-order valence-electron chi connectivity index (χ1n) is 8.85. The van der Waals surface area contributed by atoms with Gasteiger partial charge in [-0.3, -0.25) is 9.59 Å². The van der Waals surface area contributed by atoms with Gasteiger partial charge in [-0.05, 0) is 35.6 Å². The molecule has 1 aliphatic rings. The molecule has 0 saturated carbocycles. The second-order valence-electron chi connectivity index (χ2n) is 6.22. The summed E-state index contributed by atoms with van der Waals surface area (Å²) in [5.41, 5.74) is 1.56. The summed E-state index contributed by atoms with van der Waals surface area (Å²) >= 11 is 1.72. The highest BCUT2D eigenvalue weighted by Gasteiger charge is 2.21. The van der Waals surface area contributed by atoms with Crippen LogP contribution in [-0.2, 0) is 22.6 Å². The number of rotatable bonds is 7. The minimum atomic E-state index is -2.94. The van der Waals surface area contributed by atoms with Gasteiger partial charge >= 0.3 is 6.61 Å². The predicted octanol–water partition coefficient (Wildman–Crippen LogP) is 3.45. The normalized spacial score (nSPS) is 13.6. The second kappa shape index (κ2) is 9.45. The molecule has 148 valence electrons. The lowest BCUT2D eigenvalue weighted by atomic mass is 10.1. The number of benzene rings is 1. The Hall–Kier alpha value is -2.74. The van der Waals surface area contributed by atoms with Gasteiger partial charge in [0.25, 0.3) is 0 Å². The van der Waals surface area contributed by atoms with Crippen molar-refractivity contribution in [3.8, 4) is 5.75 Å². The molecule has 0 atom stereocenters. The third kappa shape index (κ3) is 5.39. The average Bonchev–Trinajstić information content (AvgIpc) is 3.14. The fraction of sp³-hybridized carbons (Fsp3) is 0.300. The molecule has 0 saturated heterocycles. The van der Waals surface area contributed by atoms with E-state index < -0.39 is 12.5 Å². The maximum Gasteiger partial charge on any atom is 0.387 e. The molecular formula is C20H20F2N2O3S. The highest BCUT2D eigenvalue weighted by molar-refractivity contribution is 7.10. The number of thiophene rings is 1. The Balaban J connectivity index is 1.45. The van der Waals surface area contributed by atoms with Crippen molar-refractivity contribution in [2.75, 3.05) is 13.1 Å². The molecule has 1 aliphatic heterocycles. The molecule has 1 aromatic carbocycles. The molecule has 3 rings (SSSR count). The minimum Gasteiger partial charge on any atom is -0.434 e. The van der Waals surface area contributed by atoms with Crippen LogP contribution in [0.1, 0.15) is 22.4 Å². The van der Waals surface area contributed by atoms with Gasteiger partial charge in [0.2, 0.25) is 11.8 Å². The Kier molecular flexibility index (Phi) is 6.76. The van der Waals surface area contributed by atoms with E-state index in [1.165, 1.54) is 28.7 Å². The molecule has 0 fully saturated rings. The maximum absolute atomic E-state index is 12.4. The summed E-state index contributed by atoms with van der Waals surface area (Å²) in [5.74, 6) is -0.412. The van der Waals surface area contributed by atoms with Crippen LogP contribution in [0, 0.1) is 0 Å². The van der Waals surface area contributed by atoms with Gasteiger partial charge in [0.05, 0.1) is 0 Å². The molecule has 5 nitrogen and oxygen atoms in total. The van der Waals surface area contributed by atoms with Crippen LogP contribution >= 0.6 is 11.3 Å². The predicted molar refractivity (Wildman–Crippen MR) is 103 cm³/mol. The molecule has 28 heavy (non-hydrogen) atoms. The number of ether oxygens (including phenoxy) is 1. The van der Waals surface area contributed by atoms with Crippen LogP contribution < -0.4 is 10.1 Å². The second-order valence-corrected chi connectivity index (χ2v) is 7.23. The summed E-state index contributed by atoms with van der Waals surface area (Å²) in [6.07, 6.45) is 3.71. The number of nitrogens with one attached hydrogen (secondary N) is 1. The summed E-state index contributed by atoms with van der Waals surface area (Å²) in [6, 6.07) is 8.24. The lowest BCUT2D eigenvalue weighted by Crippen LogP contribution is -2.37. The van der Waals surface area contributed by atoms with E-state index in [1.807, 2.05) is 11.4 Å². The van der Waals surface area contributed by atoms with E-state index >= 15 is 0 Å². The zero-order valence-corrected chi connectivity index (χ0v) is 15.9. The number of nitrogens with zero attached hydrogens (tertiary/aromatic N) is 1. The first-order valence-corrected chi connectivity index (χ1v) is 9.73. The lowest BCUT2D eigenvalue weighted by Gasteiger charge is -2.27. The molecule has 0 aliphatic carbocycles. The molecule has 1 aromatic heterocycles. The third-order valence-electron chi connectivity index (χ3n) is 4.35. The fourth-order valence-corrected chi connectivity index (χ4v) is 3.85. The van der Waals surface area contributed by atoms with E-state index in [1.54, 1.807) is 34.4 Å². The molecule has 0 bridgehead atoms. The van der Waals surface area contributed by atoms with E-state index in [2.05, 4.69) is 10.1 Å². The van der Waals surface area contributed by atoms with Crippen molar-refractivity contribution < 1.29 is 23.1 Å². The third-order valence-corrected chi connectivity index (χ3v) is 5.37. The summed E-state index contributed by atoms with van der Waals surface area (Å²) in [6.45, 7) is -1.41. The van der Waals surface area contributed by atoms with Gasteiger partial charge < -0.3 is 15.0 Å². The van der Waals surface area contributed by atoms with E-state index in [4.69, 9.17) is 0 Å². The first-order chi connectivity index (χ1) is 13.5. The first kappa shape index (κ1) is 20.0. The molecule has 0 unspecified atom stereocenters. The van der Waals surface area contributed by atoms with E-state index in [0.717, 1.165) is 6.42 Å². The van der Waals surface area contributed by atoms with Crippen LogP contribution in [0.15, 0.2) is 41.8 Å². The Bertz CT molecular complexity index is 867. The van der Waals surface area contributed by atoms with E-state index in [0.29, 0.717) is 18.7 Å². The van der Waals surface area contributed by atoms with E-state index in [-0.39, 0.29) is 24.6 Å².